The molecule has 0 rings (SSSR count). The number of hydrogen-bond acceptors (Lipinski definition) is 2. The van der Waals surface area contributed by atoms with Crippen LogP contribution in [0.25, 0.3) is 0 Å². The minimum absolute atomic E-state index is 0.0292. The van der Waals surface area contributed by atoms with Crippen molar-refractivity contribution in [1.82, 2.24) is 5.32 Å². The lowest BCUT2D eigenvalue weighted by molar-refractivity contribution is -0.123. The first kappa shape index (κ1) is 14.4. The van der Waals surface area contributed by atoms with Gasteiger partial charge in [-0.3, -0.25) is 4.79 Å². The van der Waals surface area contributed by atoms with Gasteiger partial charge in [-0.15, -0.1) is 0 Å². The minimum atomic E-state index is -0.542. The standard InChI is InChI=1S/C11H22N2OS/c1-5-8(3)7-9(14)13-11(4,6-2)10(12)15/h8H,5-7H2,1-4H3,(H2,12,15)(H,13,14). The van der Waals surface area contributed by atoms with E-state index >= 15 is 0 Å². The van der Waals surface area contributed by atoms with Crippen LogP contribution in [-0.4, -0.2) is 16.4 Å². The molecular formula is C11H22N2OS. The van der Waals surface area contributed by atoms with Crippen LogP contribution < -0.4 is 11.1 Å². The zero-order valence-corrected chi connectivity index (χ0v) is 10.9. The van der Waals surface area contributed by atoms with Crippen LogP contribution in [0.2, 0.25) is 0 Å². The van der Waals surface area contributed by atoms with Gasteiger partial charge in [-0.1, -0.05) is 39.4 Å². The van der Waals surface area contributed by atoms with Crippen LogP contribution in [0.15, 0.2) is 0 Å². The second-order valence-corrected chi connectivity index (χ2v) is 4.76. The Balaban J connectivity index is 4.31. The molecule has 0 heterocycles. The molecule has 2 atom stereocenters. The van der Waals surface area contributed by atoms with E-state index in [-0.39, 0.29) is 5.91 Å². The zero-order chi connectivity index (χ0) is 12.1. The largest absolute Gasteiger partial charge is 0.391 e. The highest BCUT2D eigenvalue weighted by molar-refractivity contribution is 7.80. The topological polar surface area (TPSA) is 55.1 Å². The van der Waals surface area contributed by atoms with Gasteiger partial charge in [-0.25, -0.2) is 0 Å². The van der Waals surface area contributed by atoms with E-state index in [1.807, 2.05) is 13.8 Å². The molecule has 0 spiro atoms. The number of thiocarbonyl (C=S) groups is 1. The predicted molar refractivity (Wildman–Crippen MR) is 67.7 cm³/mol. The van der Waals surface area contributed by atoms with Gasteiger partial charge >= 0.3 is 0 Å². The smallest absolute Gasteiger partial charge is 0.221 e. The van der Waals surface area contributed by atoms with Gasteiger partial charge in [0.05, 0.1) is 10.5 Å². The third-order valence-corrected chi connectivity index (χ3v) is 3.35. The molecule has 0 saturated heterocycles. The van der Waals surface area contributed by atoms with Crippen LogP contribution in [0, 0.1) is 5.92 Å². The average Bonchev–Trinajstić information content (AvgIpc) is 2.16. The van der Waals surface area contributed by atoms with Crippen molar-refractivity contribution in [2.24, 2.45) is 11.7 Å². The lowest BCUT2D eigenvalue weighted by atomic mass is 9.97. The molecule has 15 heavy (non-hydrogen) atoms. The number of nitrogens with two attached hydrogens (primary N) is 1. The van der Waals surface area contributed by atoms with E-state index in [9.17, 15) is 4.79 Å². The van der Waals surface area contributed by atoms with Crippen LogP contribution in [0.3, 0.4) is 0 Å². The highest BCUT2D eigenvalue weighted by atomic mass is 32.1. The van der Waals surface area contributed by atoms with Gasteiger partial charge in [-0.05, 0) is 19.3 Å². The molecule has 88 valence electrons. The van der Waals surface area contributed by atoms with Crippen molar-refractivity contribution in [3.63, 3.8) is 0 Å². The molecule has 0 aromatic rings. The number of rotatable bonds is 6. The molecule has 0 aliphatic heterocycles. The van der Waals surface area contributed by atoms with E-state index in [4.69, 9.17) is 18.0 Å². The summed E-state index contributed by atoms with van der Waals surface area (Å²) in [7, 11) is 0. The average molecular weight is 230 g/mol. The Bertz CT molecular complexity index is 243. The number of amides is 1. The van der Waals surface area contributed by atoms with E-state index in [1.54, 1.807) is 0 Å². The molecule has 3 N–H and O–H groups in total. The Morgan fingerprint density at radius 1 is 1.53 bits per heavy atom. The minimum Gasteiger partial charge on any atom is -0.391 e. The van der Waals surface area contributed by atoms with E-state index in [0.717, 1.165) is 6.42 Å². The van der Waals surface area contributed by atoms with Gasteiger partial charge < -0.3 is 11.1 Å². The summed E-state index contributed by atoms with van der Waals surface area (Å²) < 4.78 is 0. The van der Waals surface area contributed by atoms with Gasteiger partial charge in [0.15, 0.2) is 0 Å². The van der Waals surface area contributed by atoms with Crippen molar-refractivity contribution >= 4 is 23.1 Å². The molecule has 2 unspecified atom stereocenters. The Labute approximate surface area is 97.8 Å². The summed E-state index contributed by atoms with van der Waals surface area (Å²) in [5.74, 6) is 0.430. The number of hydrogen-bond donors (Lipinski definition) is 2. The summed E-state index contributed by atoms with van der Waals surface area (Å²) in [6.45, 7) is 7.96. The summed E-state index contributed by atoms with van der Waals surface area (Å²) in [4.78, 5) is 12.0. The summed E-state index contributed by atoms with van der Waals surface area (Å²) in [6.07, 6.45) is 2.26. The molecular weight excluding hydrogens is 208 g/mol. The molecule has 0 bridgehead atoms. The van der Waals surface area contributed by atoms with E-state index < -0.39 is 5.54 Å². The molecule has 0 aromatic heterocycles. The Morgan fingerprint density at radius 2 is 2.07 bits per heavy atom. The maximum atomic E-state index is 11.7. The Kier molecular flexibility index (Phi) is 5.80. The normalized spacial score (nSPS) is 16.5. The van der Waals surface area contributed by atoms with Crippen molar-refractivity contribution in [2.45, 2.75) is 52.5 Å². The lowest BCUT2D eigenvalue weighted by Crippen LogP contribution is -2.54. The van der Waals surface area contributed by atoms with Gasteiger partial charge in [0, 0.05) is 6.42 Å². The second kappa shape index (κ2) is 6.05. The number of carbonyl (C=O) groups is 1. The summed E-state index contributed by atoms with van der Waals surface area (Å²) in [5, 5.41) is 2.90. The molecule has 0 fully saturated rings. The first-order valence-electron chi connectivity index (χ1n) is 5.46. The maximum Gasteiger partial charge on any atom is 0.221 e. The summed E-state index contributed by atoms with van der Waals surface area (Å²) >= 11 is 4.95. The molecule has 0 aromatic carbocycles. The molecule has 3 nitrogen and oxygen atoms in total. The van der Waals surface area contributed by atoms with Crippen molar-refractivity contribution in [3.05, 3.63) is 0 Å². The summed E-state index contributed by atoms with van der Waals surface area (Å²) in [5.41, 5.74) is 5.07. The van der Waals surface area contributed by atoms with Crippen LogP contribution in [0.5, 0.6) is 0 Å². The van der Waals surface area contributed by atoms with Gasteiger partial charge in [0.1, 0.15) is 0 Å². The Hall–Kier alpha value is -0.640. The fraction of sp³-hybridized carbons (Fsp3) is 0.818. The molecule has 4 heteroatoms. The predicted octanol–water partition coefficient (Wildman–Crippen LogP) is 1.99. The molecule has 0 aliphatic rings. The highest BCUT2D eigenvalue weighted by Gasteiger charge is 2.27. The fourth-order valence-corrected chi connectivity index (χ4v) is 1.34. The zero-order valence-electron chi connectivity index (χ0n) is 10.1. The van der Waals surface area contributed by atoms with E-state index in [2.05, 4.69) is 19.2 Å². The SMILES string of the molecule is CCC(C)CC(=O)NC(C)(CC)C(N)=S. The van der Waals surface area contributed by atoms with Gasteiger partial charge in [0.25, 0.3) is 0 Å². The monoisotopic (exact) mass is 230 g/mol. The van der Waals surface area contributed by atoms with Crippen molar-refractivity contribution in [2.75, 3.05) is 0 Å². The van der Waals surface area contributed by atoms with Gasteiger partial charge in [-0.2, -0.15) is 0 Å². The Morgan fingerprint density at radius 3 is 2.40 bits per heavy atom. The molecule has 0 saturated carbocycles. The lowest BCUT2D eigenvalue weighted by Gasteiger charge is -2.28. The van der Waals surface area contributed by atoms with E-state index in [0.29, 0.717) is 23.7 Å². The van der Waals surface area contributed by atoms with Crippen molar-refractivity contribution in [1.29, 1.82) is 0 Å². The first-order valence-corrected chi connectivity index (χ1v) is 5.87. The van der Waals surface area contributed by atoms with Crippen LogP contribution >= 0.6 is 12.2 Å². The molecule has 1 amide bonds. The quantitative estimate of drug-likeness (QED) is 0.686. The van der Waals surface area contributed by atoms with Crippen LogP contribution in [0.1, 0.15) is 47.0 Å². The fourth-order valence-electron chi connectivity index (χ4n) is 1.14. The number of carbonyl (C=O) groups excluding carboxylic acids is 1. The van der Waals surface area contributed by atoms with E-state index in [1.165, 1.54) is 0 Å². The first-order chi connectivity index (χ1) is 6.85. The molecule has 0 radical (unpaired) electrons. The third-order valence-electron chi connectivity index (χ3n) is 2.90. The second-order valence-electron chi connectivity index (χ2n) is 4.32. The maximum absolute atomic E-state index is 11.7. The van der Waals surface area contributed by atoms with Crippen LogP contribution in [-0.2, 0) is 4.79 Å². The van der Waals surface area contributed by atoms with Crippen molar-refractivity contribution in [3.8, 4) is 0 Å². The molecule has 0 aliphatic carbocycles. The van der Waals surface area contributed by atoms with Crippen LogP contribution in [0.4, 0.5) is 0 Å². The van der Waals surface area contributed by atoms with Crippen molar-refractivity contribution < 1.29 is 4.79 Å². The third kappa shape index (κ3) is 4.60. The number of nitrogens with one attached hydrogen (secondary N) is 1. The van der Waals surface area contributed by atoms with Gasteiger partial charge in [0.2, 0.25) is 5.91 Å². The highest BCUT2D eigenvalue weighted by Crippen LogP contribution is 2.12. The summed E-state index contributed by atoms with van der Waals surface area (Å²) in [6, 6.07) is 0.